The average Bonchev–Trinajstić information content (AvgIpc) is 2.60. The Morgan fingerprint density at radius 2 is 2.25 bits per heavy atom. The molecular weight excluding hydrogens is 288 g/mol. The van der Waals surface area contributed by atoms with E-state index in [0.29, 0.717) is 12.2 Å². The van der Waals surface area contributed by atoms with E-state index in [1.807, 2.05) is 18.4 Å². The van der Waals surface area contributed by atoms with E-state index in [-0.39, 0.29) is 5.56 Å². The van der Waals surface area contributed by atoms with Crippen LogP contribution in [0.5, 0.6) is 0 Å². The van der Waals surface area contributed by atoms with Crippen molar-refractivity contribution >= 4 is 33.0 Å². The number of hydrogen-bond donors (Lipinski definition) is 1. The minimum Gasteiger partial charge on any atom is -0.397 e. The van der Waals surface area contributed by atoms with Crippen LogP contribution in [0.2, 0.25) is 0 Å². The molecule has 0 aliphatic rings. The Kier molecular flexibility index (Phi) is 3.16. The van der Waals surface area contributed by atoms with Crippen LogP contribution in [0.25, 0.3) is 0 Å². The van der Waals surface area contributed by atoms with Crippen LogP contribution in [-0.2, 0) is 6.54 Å². The number of nitrogens with zero attached hydrogens (tertiary/aromatic N) is 1. The highest BCUT2D eigenvalue weighted by molar-refractivity contribution is 9.10. The molecule has 0 bridgehead atoms. The Morgan fingerprint density at radius 1 is 1.50 bits per heavy atom. The standard InChI is InChI=1S/C11H11BrN2OS/c1-7-2-11(15)14(5-10(7)13)4-9-3-8(12)6-16-9/h2-3,5-6H,4,13H2,1H3. The van der Waals surface area contributed by atoms with Gasteiger partial charge in [0.2, 0.25) is 0 Å². The first-order valence-electron chi connectivity index (χ1n) is 4.76. The zero-order chi connectivity index (χ0) is 11.7. The molecule has 0 saturated heterocycles. The maximum atomic E-state index is 11.7. The molecule has 16 heavy (non-hydrogen) atoms. The number of nitrogens with two attached hydrogens (primary N) is 1. The lowest BCUT2D eigenvalue weighted by atomic mass is 10.2. The summed E-state index contributed by atoms with van der Waals surface area (Å²) in [6, 6.07) is 3.57. The fourth-order valence-corrected chi connectivity index (χ4v) is 2.86. The van der Waals surface area contributed by atoms with Gasteiger partial charge in [-0.05, 0) is 34.5 Å². The predicted octanol–water partition coefficient (Wildman–Crippen LogP) is 2.61. The van der Waals surface area contributed by atoms with E-state index in [9.17, 15) is 4.79 Å². The molecule has 0 unspecified atom stereocenters. The number of hydrogen-bond acceptors (Lipinski definition) is 3. The third-order valence-corrected chi connectivity index (χ3v) is 4.00. The number of pyridine rings is 1. The van der Waals surface area contributed by atoms with Crippen molar-refractivity contribution in [1.29, 1.82) is 0 Å². The second kappa shape index (κ2) is 4.43. The van der Waals surface area contributed by atoms with Gasteiger partial charge in [0.1, 0.15) is 0 Å². The molecule has 2 heterocycles. The molecule has 3 nitrogen and oxygen atoms in total. The molecular formula is C11H11BrN2OS. The van der Waals surface area contributed by atoms with Crippen LogP contribution in [0, 0.1) is 6.92 Å². The molecule has 0 aliphatic carbocycles. The molecule has 0 atom stereocenters. The summed E-state index contributed by atoms with van der Waals surface area (Å²) in [7, 11) is 0. The van der Waals surface area contributed by atoms with Crippen molar-refractivity contribution in [3.8, 4) is 0 Å². The van der Waals surface area contributed by atoms with E-state index in [1.54, 1.807) is 28.2 Å². The van der Waals surface area contributed by atoms with Gasteiger partial charge in [0.05, 0.1) is 12.2 Å². The maximum absolute atomic E-state index is 11.7. The summed E-state index contributed by atoms with van der Waals surface area (Å²) in [5, 5.41) is 2.00. The van der Waals surface area contributed by atoms with Crippen molar-refractivity contribution < 1.29 is 0 Å². The van der Waals surface area contributed by atoms with Gasteiger partial charge >= 0.3 is 0 Å². The van der Waals surface area contributed by atoms with Gasteiger partial charge in [0.15, 0.2) is 0 Å². The SMILES string of the molecule is Cc1cc(=O)n(Cc2cc(Br)cs2)cc1N. The molecule has 0 saturated carbocycles. The molecule has 0 aromatic carbocycles. The van der Waals surface area contributed by atoms with Crippen molar-refractivity contribution in [1.82, 2.24) is 4.57 Å². The largest absolute Gasteiger partial charge is 0.397 e. The van der Waals surface area contributed by atoms with E-state index < -0.39 is 0 Å². The summed E-state index contributed by atoms with van der Waals surface area (Å²) in [6.45, 7) is 2.41. The fourth-order valence-electron chi connectivity index (χ4n) is 1.41. The number of thiophene rings is 1. The van der Waals surface area contributed by atoms with Gasteiger partial charge in [0, 0.05) is 27.0 Å². The van der Waals surface area contributed by atoms with Crippen LogP contribution in [0.1, 0.15) is 10.4 Å². The van der Waals surface area contributed by atoms with Crippen LogP contribution in [-0.4, -0.2) is 4.57 Å². The van der Waals surface area contributed by atoms with Crippen LogP contribution in [0.4, 0.5) is 5.69 Å². The number of nitrogen functional groups attached to an aromatic ring is 1. The highest BCUT2D eigenvalue weighted by Crippen LogP contribution is 2.20. The molecule has 84 valence electrons. The van der Waals surface area contributed by atoms with E-state index in [0.717, 1.165) is 14.9 Å². The van der Waals surface area contributed by atoms with Gasteiger partial charge in [0.25, 0.3) is 5.56 Å². The first-order valence-corrected chi connectivity index (χ1v) is 6.43. The van der Waals surface area contributed by atoms with E-state index in [1.165, 1.54) is 0 Å². The summed E-state index contributed by atoms with van der Waals surface area (Å²) in [4.78, 5) is 12.8. The summed E-state index contributed by atoms with van der Waals surface area (Å²) in [5.74, 6) is 0. The Bertz CT molecular complexity index is 574. The quantitative estimate of drug-likeness (QED) is 0.926. The van der Waals surface area contributed by atoms with Crippen molar-refractivity contribution in [2.45, 2.75) is 13.5 Å². The Morgan fingerprint density at radius 3 is 2.88 bits per heavy atom. The van der Waals surface area contributed by atoms with E-state index in [2.05, 4.69) is 15.9 Å². The summed E-state index contributed by atoms with van der Waals surface area (Å²) in [5.41, 5.74) is 7.24. The van der Waals surface area contributed by atoms with Crippen molar-refractivity contribution in [2.24, 2.45) is 0 Å². The molecule has 0 radical (unpaired) electrons. The number of aryl methyl sites for hydroxylation is 1. The van der Waals surface area contributed by atoms with Crippen LogP contribution >= 0.6 is 27.3 Å². The molecule has 0 spiro atoms. The molecule has 2 aromatic rings. The second-order valence-electron chi connectivity index (χ2n) is 3.61. The first kappa shape index (κ1) is 11.4. The third-order valence-electron chi connectivity index (χ3n) is 2.32. The lowest BCUT2D eigenvalue weighted by molar-refractivity contribution is 0.769. The monoisotopic (exact) mass is 298 g/mol. The van der Waals surface area contributed by atoms with Crippen molar-refractivity contribution in [2.75, 3.05) is 5.73 Å². The van der Waals surface area contributed by atoms with Crippen molar-refractivity contribution in [3.05, 3.63) is 49.0 Å². The topological polar surface area (TPSA) is 48.0 Å². The van der Waals surface area contributed by atoms with Gasteiger partial charge in [-0.2, -0.15) is 0 Å². The molecule has 0 amide bonds. The summed E-state index contributed by atoms with van der Waals surface area (Å²) >= 11 is 5.00. The molecule has 2 rings (SSSR count). The predicted molar refractivity (Wildman–Crippen MR) is 71.0 cm³/mol. The number of anilines is 1. The molecule has 2 aromatic heterocycles. The van der Waals surface area contributed by atoms with Gasteiger partial charge in [-0.1, -0.05) is 0 Å². The Balaban J connectivity index is 2.35. The Labute approximate surface area is 106 Å². The molecule has 2 N–H and O–H groups in total. The molecule has 5 heteroatoms. The summed E-state index contributed by atoms with van der Waals surface area (Å²) in [6.07, 6.45) is 1.70. The maximum Gasteiger partial charge on any atom is 0.251 e. The highest BCUT2D eigenvalue weighted by atomic mass is 79.9. The van der Waals surface area contributed by atoms with Gasteiger partial charge in [-0.3, -0.25) is 4.79 Å². The van der Waals surface area contributed by atoms with E-state index in [4.69, 9.17) is 5.73 Å². The minimum absolute atomic E-state index is 0.0174. The number of halogens is 1. The van der Waals surface area contributed by atoms with Crippen molar-refractivity contribution in [3.63, 3.8) is 0 Å². The Hall–Kier alpha value is -1.07. The smallest absolute Gasteiger partial charge is 0.251 e. The fraction of sp³-hybridized carbons (Fsp3) is 0.182. The lowest BCUT2D eigenvalue weighted by Crippen LogP contribution is -2.20. The lowest BCUT2D eigenvalue weighted by Gasteiger charge is -2.06. The summed E-state index contributed by atoms with van der Waals surface area (Å²) < 4.78 is 2.67. The van der Waals surface area contributed by atoms with Gasteiger partial charge in [-0.25, -0.2) is 0 Å². The van der Waals surface area contributed by atoms with Crippen LogP contribution in [0.3, 0.4) is 0 Å². The van der Waals surface area contributed by atoms with Crippen LogP contribution < -0.4 is 11.3 Å². The third kappa shape index (κ3) is 2.36. The van der Waals surface area contributed by atoms with E-state index >= 15 is 0 Å². The van der Waals surface area contributed by atoms with Gasteiger partial charge in [-0.15, -0.1) is 11.3 Å². The van der Waals surface area contributed by atoms with Gasteiger partial charge < -0.3 is 10.3 Å². The zero-order valence-corrected chi connectivity index (χ0v) is 11.1. The minimum atomic E-state index is -0.0174. The zero-order valence-electron chi connectivity index (χ0n) is 8.74. The highest BCUT2D eigenvalue weighted by Gasteiger charge is 2.03. The average molecular weight is 299 g/mol. The second-order valence-corrected chi connectivity index (χ2v) is 5.52. The normalized spacial score (nSPS) is 10.6. The molecule has 0 fully saturated rings. The number of aromatic nitrogens is 1. The van der Waals surface area contributed by atoms with Crippen LogP contribution in [0.15, 0.2) is 33.0 Å². The number of rotatable bonds is 2. The molecule has 0 aliphatic heterocycles. The first-order chi connectivity index (χ1) is 7.56.